The van der Waals surface area contributed by atoms with Crippen molar-refractivity contribution in [2.24, 2.45) is 0 Å². The summed E-state index contributed by atoms with van der Waals surface area (Å²) in [4.78, 5) is 0. The molecule has 17 heavy (non-hydrogen) atoms. The average molecular weight is 232 g/mol. The van der Waals surface area contributed by atoms with Crippen LogP contribution in [0.5, 0.6) is 0 Å². The van der Waals surface area contributed by atoms with E-state index in [-0.39, 0.29) is 0 Å². The zero-order valence-electron chi connectivity index (χ0n) is 11.1. The van der Waals surface area contributed by atoms with Crippen molar-refractivity contribution in [1.82, 2.24) is 10.6 Å². The van der Waals surface area contributed by atoms with E-state index >= 15 is 0 Å². The standard InChI is InChI=1S/C15H24N2/c1-3-5-15-9-14-8-12(10-16-4-2)6-7-13(14)11-17-15/h6-8,15-17H,3-5,9-11H2,1-2H3. The molecule has 2 nitrogen and oxygen atoms in total. The highest BCUT2D eigenvalue weighted by atomic mass is 14.9. The molecule has 1 aromatic carbocycles. The van der Waals surface area contributed by atoms with Gasteiger partial charge in [0, 0.05) is 19.1 Å². The van der Waals surface area contributed by atoms with E-state index in [0.29, 0.717) is 6.04 Å². The van der Waals surface area contributed by atoms with E-state index in [4.69, 9.17) is 0 Å². The van der Waals surface area contributed by atoms with Crippen LogP contribution < -0.4 is 10.6 Å². The minimum absolute atomic E-state index is 0.682. The fourth-order valence-electron chi connectivity index (χ4n) is 2.57. The van der Waals surface area contributed by atoms with Crippen LogP contribution in [-0.4, -0.2) is 12.6 Å². The van der Waals surface area contributed by atoms with Crippen molar-refractivity contribution in [3.8, 4) is 0 Å². The summed E-state index contributed by atoms with van der Waals surface area (Å²) < 4.78 is 0. The molecule has 0 spiro atoms. The summed E-state index contributed by atoms with van der Waals surface area (Å²) in [5.41, 5.74) is 4.46. The van der Waals surface area contributed by atoms with Gasteiger partial charge in [0.1, 0.15) is 0 Å². The molecule has 2 rings (SSSR count). The molecule has 0 aromatic heterocycles. The molecular weight excluding hydrogens is 208 g/mol. The lowest BCUT2D eigenvalue weighted by Gasteiger charge is -2.26. The zero-order valence-corrected chi connectivity index (χ0v) is 11.1. The highest BCUT2D eigenvalue weighted by Gasteiger charge is 2.17. The van der Waals surface area contributed by atoms with Crippen LogP contribution in [0.1, 0.15) is 43.4 Å². The Bertz CT molecular complexity index is 360. The van der Waals surface area contributed by atoms with Crippen molar-refractivity contribution in [3.05, 3.63) is 34.9 Å². The van der Waals surface area contributed by atoms with Gasteiger partial charge in [-0.05, 0) is 36.1 Å². The average Bonchev–Trinajstić information content (AvgIpc) is 2.36. The first-order chi connectivity index (χ1) is 8.33. The Morgan fingerprint density at radius 3 is 2.94 bits per heavy atom. The molecule has 0 saturated carbocycles. The lowest BCUT2D eigenvalue weighted by molar-refractivity contribution is 0.448. The summed E-state index contributed by atoms with van der Waals surface area (Å²) in [6.07, 6.45) is 3.75. The fourth-order valence-corrected chi connectivity index (χ4v) is 2.57. The summed E-state index contributed by atoms with van der Waals surface area (Å²) in [5.74, 6) is 0. The van der Waals surface area contributed by atoms with E-state index < -0.39 is 0 Å². The topological polar surface area (TPSA) is 24.1 Å². The molecule has 1 unspecified atom stereocenters. The first-order valence-corrected chi connectivity index (χ1v) is 6.88. The number of nitrogens with one attached hydrogen (secondary N) is 2. The minimum atomic E-state index is 0.682. The van der Waals surface area contributed by atoms with Crippen molar-refractivity contribution in [2.45, 2.75) is 52.2 Å². The van der Waals surface area contributed by atoms with Crippen LogP contribution in [0.15, 0.2) is 18.2 Å². The Balaban J connectivity index is 2.06. The van der Waals surface area contributed by atoms with E-state index in [1.54, 1.807) is 5.56 Å². The van der Waals surface area contributed by atoms with Crippen LogP contribution in [-0.2, 0) is 19.5 Å². The van der Waals surface area contributed by atoms with Gasteiger partial charge in [0.05, 0.1) is 0 Å². The SMILES string of the molecule is CCCC1Cc2cc(CNCC)ccc2CN1. The fraction of sp³-hybridized carbons (Fsp3) is 0.600. The second-order valence-corrected chi connectivity index (χ2v) is 4.95. The van der Waals surface area contributed by atoms with E-state index in [1.165, 1.54) is 30.4 Å². The maximum Gasteiger partial charge on any atom is 0.0210 e. The summed E-state index contributed by atoms with van der Waals surface area (Å²) in [5, 5.41) is 7.02. The summed E-state index contributed by atoms with van der Waals surface area (Å²) in [6.45, 7) is 7.49. The van der Waals surface area contributed by atoms with Gasteiger partial charge >= 0.3 is 0 Å². The van der Waals surface area contributed by atoms with E-state index in [1.807, 2.05) is 0 Å². The van der Waals surface area contributed by atoms with Gasteiger partial charge in [-0.3, -0.25) is 0 Å². The predicted molar refractivity (Wildman–Crippen MR) is 73.1 cm³/mol. The molecule has 2 heteroatoms. The smallest absolute Gasteiger partial charge is 0.0210 e. The lowest BCUT2D eigenvalue weighted by atomic mass is 9.92. The van der Waals surface area contributed by atoms with Crippen molar-refractivity contribution in [1.29, 1.82) is 0 Å². The quantitative estimate of drug-likeness (QED) is 0.815. The molecule has 1 atom stereocenters. The van der Waals surface area contributed by atoms with Gasteiger partial charge in [-0.2, -0.15) is 0 Å². The first-order valence-electron chi connectivity index (χ1n) is 6.88. The third-order valence-corrected chi connectivity index (χ3v) is 3.53. The van der Waals surface area contributed by atoms with Crippen LogP contribution in [0.3, 0.4) is 0 Å². The Hall–Kier alpha value is -0.860. The lowest BCUT2D eigenvalue weighted by Crippen LogP contribution is -2.35. The molecule has 94 valence electrons. The molecule has 1 aliphatic heterocycles. The van der Waals surface area contributed by atoms with Gasteiger partial charge in [0.25, 0.3) is 0 Å². The molecule has 0 saturated heterocycles. The molecule has 0 amide bonds. The Morgan fingerprint density at radius 2 is 2.18 bits per heavy atom. The van der Waals surface area contributed by atoms with Crippen LogP contribution in [0.2, 0.25) is 0 Å². The van der Waals surface area contributed by atoms with Gasteiger partial charge in [-0.15, -0.1) is 0 Å². The van der Waals surface area contributed by atoms with Crippen LogP contribution >= 0.6 is 0 Å². The number of hydrogen-bond donors (Lipinski definition) is 2. The van der Waals surface area contributed by atoms with E-state index in [9.17, 15) is 0 Å². The number of fused-ring (bicyclic) bond motifs is 1. The second kappa shape index (κ2) is 6.18. The highest BCUT2D eigenvalue weighted by Crippen LogP contribution is 2.20. The van der Waals surface area contributed by atoms with Crippen molar-refractivity contribution in [2.75, 3.05) is 6.54 Å². The monoisotopic (exact) mass is 232 g/mol. The Morgan fingerprint density at radius 1 is 1.29 bits per heavy atom. The molecule has 1 heterocycles. The zero-order chi connectivity index (χ0) is 12.1. The van der Waals surface area contributed by atoms with Crippen LogP contribution in [0, 0.1) is 0 Å². The molecular formula is C15H24N2. The Labute approximate surface area is 105 Å². The second-order valence-electron chi connectivity index (χ2n) is 4.95. The van der Waals surface area contributed by atoms with Crippen molar-refractivity contribution >= 4 is 0 Å². The number of hydrogen-bond acceptors (Lipinski definition) is 2. The van der Waals surface area contributed by atoms with Crippen molar-refractivity contribution in [3.63, 3.8) is 0 Å². The van der Waals surface area contributed by atoms with Crippen LogP contribution in [0.4, 0.5) is 0 Å². The highest BCUT2D eigenvalue weighted by molar-refractivity contribution is 5.34. The third-order valence-electron chi connectivity index (χ3n) is 3.53. The normalized spacial score (nSPS) is 19.1. The van der Waals surface area contributed by atoms with Crippen molar-refractivity contribution < 1.29 is 0 Å². The predicted octanol–water partition coefficient (Wildman–Crippen LogP) is 2.61. The largest absolute Gasteiger partial charge is 0.313 e. The number of benzene rings is 1. The maximum atomic E-state index is 3.62. The molecule has 0 aliphatic carbocycles. The third kappa shape index (κ3) is 3.30. The van der Waals surface area contributed by atoms with Gasteiger partial charge in [-0.1, -0.05) is 38.5 Å². The minimum Gasteiger partial charge on any atom is -0.313 e. The first kappa shape index (κ1) is 12.6. The van der Waals surface area contributed by atoms with Crippen LogP contribution in [0.25, 0.3) is 0 Å². The van der Waals surface area contributed by atoms with Gasteiger partial charge < -0.3 is 10.6 Å². The van der Waals surface area contributed by atoms with Gasteiger partial charge in [-0.25, -0.2) is 0 Å². The summed E-state index contributed by atoms with van der Waals surface area (Å²) in [6, 6.07) is 7.61. The summed E-state index contributed by atoms with van der Waals surface area (Å²) in [7, 11) is 0. The van der Waals surface area contributed by atoms with E-state index in [2.05, 4.69) is 42.7 Å². The molecule has 1 aromatic rings. The maximum absolute atomic E-state index is 3.62. The summed E-state index contributed by atoms with van der Waals surface area (Å²) >= 11 is 0. The molecule has 0 bridgehead atoms. The number of rotatable bonds is 5. The van der Waals surface area contributed by atoms with Gasteiger partial charge in [0.2, 0.25) is 0 Å². The van der Waals surface area contributed by atoms with Gasteiger partial charge in [0.15, 0.2) is 0 Å². The van der Waals surface area contributed by atoms with E-state index in [0.717, 1.165) is 19.6 Å². The molecule has 2 N–H and O–H groups in total. The molecule has 0 radical (unpaired) electrons. The molecule has 1 aliphatic rings. The molecule has 0 fully saturated rings. The Kier molecular flexibility index (Phi) is 4.57.